The van der Waals surface area contributed by atoms with Crippen molar-refractivity contribution in [2.24, 2.45) is 0 Å². The van der Waals surface area contributed by atoms with Gasteiger partial charge in [-0.15, -0.1) is 11.8 Å². The Kier molecular flexibility index (Phi) is 3.76. The molecule has 0 radical (unpaired) electrons. The maximum Gasteiger partial charge on any atom is 0.323 e. The van der Waals surface area contributed by atoms with E-state index in [1.807, 2.05) is 18.2 Å². The molecule has 0 aromatic heterocycles. The quantitative estimate of drug-likeness (QED) is 0.892. The lowest BCUT2D eigenvalue weighted by molar-refractivity contribution is -0.143. The number of benzene rings is 1. The van der Waals surface area contributed by atoms with Crippen LogP contribution in [0, 0.1) is 0 Å². The summed E-state index contributed by atoms with van der Waals surface area (Å²) < 4.78 is 5.25. The van der Waals surface area contributed by atoms with Crippen LogP contribution in [0.1, 0.15) is 10.9 Å². The Morgan fingerprint density at radius 1 is 1.56 bits per heavy atom. The Balaban J connectivity index is 2.31. The molecule has 1 aliphatic heterocycles. The first kappa shape index (κ1) is 12.8. The molecule has 1 fully saturated rings. The first-order chi connectivity index (χ1) is 8.63. The molecule has 1 atom stereocenters. The third-order valence-corrected chi connectivity index (χ3v) is 3.92. The van der Waals surface area contributed by atoms with Crippen LogP contribution in [0.25, 0.3) is 0 Å². The predicted octanol–water partition coefficient (Wildman–Crippen LogP) is 1.35. The first-order valence-electron chi connectivity index (χ1n) is 5.39. The first-order valence-corrected chi connectivity index (χ1v) is 6.44. The Morgan fingerprint density at radius 2 is 2.28 bits per heavy atom. The van der Waals surface area contributed by atoms with Crippen LogP contribution in [0.5, 0.6) is 5.75 Å². The fourth-order valence-electron chi connectivity index (χ4n) is 1.90. The molecule has 0 saturated carbocycles. The molecule has 0 bridgehead atoms. The zero-order valence-electron chi connectivity index (χ0n) is 9.83. The number of carbonyl (C=O) groups is 2. The topological polar surface area (TPSA) is 66.8 Å². The second-order valence-corrected chi connectivity index (χ2v) is 4.89. The molecule has 1 aromatic rings. The largest absolute Gasteiger partial charge is 0.496 e. The van der Waals surface area contributed by atoms with Crippen molar-refractivity contribution in [3.8, 4) is 5.75 Å². The van der Waals surface area contributed by atoms with Gasteiger partial charge in [0, 0.05) is 5.56 Å². The number of thioether (sulfide) groups is 1. The monoisotopic (exact) mass is 267 g/mol. The summed E-state index contributed by atoms with van der Waals surface area (Å²) in [7, 11) is 1.56. The number of aliphatic carboxylic acids is 1. The Bertz CT molecular complexity index is 477. The lowest BCUT2D eigenvalue weighted by atomic mass is 10.2. The van der Waals surface area contributed by atoms with E-state index in [4.69, 9.17) is 9.84 Å². The number of carboxylic acid groups (broad SMARTS) is 1. The maximum atomic E-state index is 11.7. The summed E-state index contributed by atoms with van der Waals surface area (Å²) in [6.07, 6.45) is 0. The molecule has 1 aromatic carbocycles. The number of nitrogens with zero attached hydrogens (tertiary/aromatic N) is 1. The zero-order valence-corrected chi connectivity index (χ0v) is 10.6. The van der Waals surface area contributed by atoms with Gasteiger partial charge in [0.25, 0.3) is 0 Å². The minimum atomic E-state index is -1.01. The van der Waals surface area contributed by atoms with Gasteiger partial charge in [0.15, 0.2) is 0 Å². The Labute approximate surface area is 109 Å². The molecule has 1 heterocycles. The van der Waals surface area contributed by atoms with Gasteiger partial charge in [0.2, 0.25) is 5.91 Å². The van der Waals surface area contributed by atoms with Crippen LogP contribution in [0.2, 0.25) is 0 Å². The molecule has 0 aliphatic carbocycles. The van der Waals surface area contributed by atoms with E-state index >= 15 is 0 Å². The van der Waals surface area contributed by atoms with Crippen LogP contribution >= 0.6 is 11.8 Å². The highest BCUT2D eigenvalue weighted by molar-refractivity contribution is 8.00. The summed E-state index contributed by atoms with van der Waals surface area (Å²) >= 11 is 1.42. The minimum absolute atomic E-state index is 0.154. The van der Waals surface area contributed by atoms with Crippen LogP contribution in [-0.4, -0.2) is 41.3 Å². The second kappa shape index (κ2) is 5.30. The van der Waals surface area contributed by atoms with Crippen LogP contribution in [-0.2, 0) is 9.59 Å². The Morgan fingerprint density at radius 3 is 2.94 bits per heavy atom. The maximum absolute atomic E-state index is 11.7. The van der Waals surface area contributed by atoms with Gasteiger partial charge in [-0.25, -0.2) is 0 Å². The molecule has 2 rings (SSSR count). The lowest BCUT2D eigenvalue weighted by Gasteiger charge is -2.23. The lowest BCUT2D eigenvalue weighted by Crippen LogP contribution is -2.33. The van der Waals surface area contributed by atoms with Crippen molar-refractivity contribution in [2.45, 2.75) is 5.37 Å². The fraction of sp³-hybridized carbons (Fsp3) is 0.333. The summed E-state index contributed by atoms with van der Waals surface area (Å²) in [4.78, 5) is 23.9. The minimum Gasteiger partial charge on any atom is -0.496 e. The number of carboxylic acids is 1. The highest BCUT2D eigenvalue weighted by Gasteiger charge is 2.35. The molecule has 5 nitrogen and oxygen atoms in total. The van der Waals surface area contributed by atoms with Crippen molar-refractivity contribution in [2.75, 3.05) is 19.4 Å². The molecule has 1 amide bonds. The molecule has 1 aliphatic rings. The van der Waals surface area contributed by atoms with Gasteiger partial charge in [0.1, 0.15) is 17.7 Å². The van der Waals surface area contributed by atoms with Crippen molar-refractivity contribution < 1.29 is 19.4 Å². The van der Waals surface area contributed by atoms with Gasteiger partial charge < -0.3 is 14.7 Å². The van der Waals surface area contributed by atoms with Gasteiger partial charge in [-0.2, -0.15) is 0 Å². The zero-order chi connectivity index (χ0) is 13.1. The molecular formula is C12H13NO4S. The van der Waals surface area contributed by atoms with E-state index in [1.54, 1.807) is 13.2 Å². The van der Waals surface area contributed by atoms with E-state index in [-0.39, 0.29) is 17.8 Å². The van der Waals surface area contributed by atoms with Crippen molar-refractivity contribution in [3.63, 3.8) is 0 Å². The number of carbonyl (C=O) groups excluding carboxylic acids is 1. The van der Waals surface area contributed by atoms with E-state index in [1.165, 1.54) is 16.7 Å². The van der Waals surface area contributed by atoms with Crippen LogP contribution in [0.3, 0.4) is 0 Å². The van der Waals surface area contributed by atoms with Gasteiger partial charge in [0.05, 0.1) is 12.9 Å². The van der Waals surface area contributed by atoms with E-state index in [0.29, 0.717) is 11.5 Å². The summed E-state index contributed by atoms with van der Waals surface area (Å²) in [5, 5.41) is 8.56. The normalized spacial score (nSPS) is 19.1. The number of ether oxygens (including phenoxy) is 1. The third-order valence-electron chi connectivity index (χ3n) is 2.68. The number of rotatable bonds is 4. The summed E-state index contributed by atoms with van der Waals surface area (Å²) in [6, 6.07) is 7.34. The van der Waals surface area contributed by atoms with Crippen LogP contribution in [0.4, 0.5) is 0 Å². The van der Waals surface area contributed by atoms with Gasteiger partial charge in [-0.1, -0.05) is 18.2 Å². The van der Waals surface area contributed by atoms with E-state index in [9.17, 15) is 9.59 Å². The molecule has 96 valence electrons. The predicted molar refractivity (Wildman–Crippen MR) is 67.5 cm³/mol. The molecule has 1 saturated heterocycles. The number of hydrogen-bond donors (Lipinski definition) is 1. The van der Waals surface area contributed by atoms with Gasteiger partial charge in [-0.05, 0) is 6.07 Å². The van der Waals surface area contributed by atoms with Gasteiger partial charge >= 0.3 is 5.97 Å². The summed E-state index contributed by atoms with van der Waals surface area (Å²) in [6.45, 7) is -0.283. The number of amides is 1. The molecule has 1 unspecified atom stereocenters. The van der Waals surface area contributed by atoms with Crippen molar-refractivity contribution in [1.29, 1.82) is 0 Å². The smallest absolute Gasteiger partial charge is 0.323 e. The average molecular weight is 267 g/mol. The van der Waals surface area contributed by atoms with E-state index in [0.717, 1.165) is 5.56 Å². The fourth-order valence-corrected chi connectivity index (χ4v) is 3.11. The van der Waals surface area contributed by atoms with E-state index < -0.39 is 5.97 Å². The van der Waals surface area contributed by atoms with E-state index in [2.05, 4.69) is 0 Å². The molecule has 1 N–H and O–H groups in total. The van der Waals surface area contributed by atoms with Crippen molar-refractivity contribution in [3.05, 3.63) is 29.8 Å². The SMILES string of the molecule is COc1ccccc1C1SCC(=O)N1CC(=O)O. The second-order valence-electron chi connectivity index (χ2n) is 3.82. The number of para-hydroxylation sites is 1. The molecular weight excluding hydrogens is 254 g/mol. The molecule has 6 heteroatoms. The summed E-state index contributed by atoms with van der Waals surface area (Å²) in [5.74, 6) is -0.195. The van der Waals surface area contributed by atoms with Crippen molar-refractivity contribution >= 4 is 23.6 Å². The standard InChI is InChI=1S/C12H13NO4S/c1-17-9-5-3-2-4-8(9)12-13(6-11(15)16)10(14)7-18-12/h2-5,12H,6-7H2,1H3,(H,15,16). The average Bonchev–Trinajstić information content (AvgIpc) is 2.70. The highest BCUT2D eigenvalue weighted by atomic mass is 32.2. The van der Waals surface area contributed by atoms with Crippen molar-refractivity contribution in [1.82, 2.24) is 4.90 Å². The summed E-state index contributed by atoms with van der Waals surface area (Å²) in [5.41, 5.74) is 0.831. The van der Waals surface area contributed by atoms with Crippen LogP contribution < -0.4 is 4.74 Å². The number of methoxy groups -OCH3 is 1. The van der Waals surface area contributed by atoms with Crippen LogP contribution in [0.15, 0.2) is 24.3 Å². The molecule has 0 spiro atoms. The highest BCUT2D eigenvalue weighted by Crippen LogP contribution is 2.41. The number of hydrogen-bond acceptors (Lipinski definition) is 4. The molecule has 18 heavy (non-hydrogen) atoms. The third kappa shape index (κ3) is 2.43. The Hall–Kier alpha value is -1.69. The van der Waals surface area contributed by atoms with Gasteiger partial charge in [-0.3, -0.25) is 9.59 Å².